The topological polar surface area (TPSA) is 53.0 Å². The fourth-order valence-electron chi connectivity index (χ4n) is 3.07. The van der Waals surface area contributed by atoms with E-state index in [2.05, 4.69) is 23.8 Å². The van der Waals surface area contributed by atoms with Crippen LogP contribution in [0.5, 0.6) is 5.75 Å². The number of nitrogens with zero attached hydrogens (tertiary/aromatic N) is 2. The number of carbonyl (C=O) groups is 1. The Hall–Kier alpha value is -1.30. The van der Waals surface area contributed by atoms with Gasteiger partial charge in [-0.2, -0.15) is 0 Å². The normalized spacial score (nSPS) is 17.9. The van der Waals surface area contributed by atoms with Crippen LogP contribution in [-0.4, -0.2) is 59.7 Å². The largest absolute Gasteiger partial charge is 0.479 e. The van der Waals surface area contributed by atoms with E-state index in [0.717, 1.165) is 31.7 Å². The van der Waals surface area contributed by atoms with Crippen LogP contribution in [0.25, 0.3) is 0 Å². The molecule has 1 aliphatic heterocycles. The van der Waals surface area contributed by atoms with Crippen LogP contribution in [0.1, 0.15) is 32.3 Å². The molecule has 0 saturated carbocycles. The lowest BCUT2D eigenvalue weighted by molar-refractivity contribution is -0.144. The smallest absolute Gasteiger partial charge is 0.344 e. The van der Waals surface area contributed by atoms with Crippen LogP contribution in [0.15, 0.2) is 18.2 Å². The second-order valence-corrected chi connectivity index (χ2v) is 6.85. The van der Waals surface area contributed by atoms with Crippen LogP contribution in [0.2, 0.25) is 5.02 Å². The number of likely N-dealkylation sites (tertiary alicyclic amines) is 1. The Bertz CT molecular complexity index is 559. The standard InChI is InChI=1S/C18H27ClN2O3/c1-4-21-9-7-15(8-10-21)20(3)12-14-5-6-17(16(19)11-14)24-13(2)18(22)23/h5-6,11,13,15H,4,7-10,12H2,1-3H3,(H,22,23). The molecule has 0 radical (unpaired) electrons. The second-order valence-electron chi connectivity index (χ2n) is 6.44. The number of ether oxygens (including phenoxy) is 1. The Labute approximate surface area is 149 Å². The molecule has 1 atom stereocenters. The van der Waals surface area contributed by atoms with E-state index >= 15 is 0 Å². The molecule has 0 bridgehead atoms. The van der Waals surface area contributed by atoms with E-state index in [4.69, 9.17) is 21.4 Å². The molecule has 0 aromatic heterocycles. The van der Waals surface area contributed by atoms with Crippen LogP contribution in [0.4, 0.5) is 0 Å². The van der Waals surface area contributed by atoms with Gasteiger partial charge in [-0.25, -0.2) is 4.79 Å². The van der Waals surface area contributed by atoms with Crippen LogP contribution >= 0.6 is 11.6 Å². The minimum absolute atomic E-state index is 0.411. The molecule has 1 fully saturated rings. The molecule has 5 nitrogen and oxygen atoms in total. The van der Waals surface area contributed by atoms with Crippen LogP contribution in [-0.2, 0) is 11.3 Å². The summed E-state index contributed by atoms with van der Waals surface area (Å²) >= 11 is 6.24. The average molecular weight is 355 g/mol. The molecule has 1 saturated heterocycles. The van der Waals surface area contributed by atoms with Crippen LogP contribution in [0.3, 0.4) is 0 Å². The highest BCUT2D eigenvalue weighted by Gasteiger charge is 2.22. The molecule has 6 heteroatoms. The van der Waals surface area contributed by atoms with Gasteiger partial charge in [-0.15, -0.1) is 0 Å². The zero-order chi connectivity index (χ0) is 17.7. The number of carboxylic acid groups (broad SMARTS) is 1. The highest BCUT2D eigenvalue weighted by atomic mass is 35.5. The summed E-state index contributed by atoms with van der Waals surface area (Å²) in [7, 11) is 2.15. The number of hydrogen-bond donors (Lipinski definition) is 1. The first-order valence-electron chi connectivity index (χ1n) is 8.51. The molecule has 2 rings (SSSR count). The van der Waals surface area contributed by atoms with Gasteiger partial charge in [0, 0.05) is 12.6 Å². The molecule has 24 heavy (non-hydrogen) atoms. The maximum atomic E-state index is 10.9. The van der Waals surface area contributed by atoms with Crippen molar-refractivity contribution in [3.05, 3.63) is 28.8 Å². The number of benzene rings is 1. The van der Waals surface area contributed by atoms with Crippen molar-refractivity contribution < 1.29 is 14.6 Å². The SMILES string of the molecule is CCN1CCC(N(C)Cc2ccc(OC(C)C(=O)O)c(Cl)c2)CC1. The summed E-state index contributed by atoms with van der Waals surface area (Å²) in [5, 5.41) is 9.36. The zero-order valence-corrected chi connectivity index (χ0v) is 15.4. The van der Waals surface area contributed by atoms with Gasteiger partial charge in [0.2, 0.25) is 0 Å². The summed E-state index contributed by atoms with van der Waals surface area (Å²) in [5.41, 5.74) is 1.11. The fourth-order valence-corrected chi connectivity index (χ4v) is 3.32. The van der Waals surface area contributed by atoms with Gasteiger partial charge < -0.3 is 14.7 Å². The Morgan fingerprint density at radius 3 is 2.67 bits per heavy atom. The number of carboxylic acids is 1. The lowest BCUT2D eigenvalue weighted by atomic mass is 10.0. The van der Waals surface area contributed by atoms with Gasteiger partial charge in [0.1, 0.15) is 5.75 Å². The number of piperidine rings is 1. The van der Waals surface area contributed by atoms with Crippen molar-refractivity contribution in [1.82, 2.24) is 9.80 Å². The number of hydrogen-bond acceptors (Lipinski definition) is 4. The van der Waals surface area contributed by atoms with Crippen molar-refractivity contribution in [3.63, 3.8) is 0 Å². The Morgan fingerprint density at radius 1 is 1.46 bits per heavy atom. The maximum absolute atomic E-state index is 10.9. The Morgan fingerprint density at radius 2 is 2.12 bits per heavy atom. The minimum Gasteiger partial charge on any atom is -0.479 e. The zero-order valence-electron chi connectivity index (χ0n) is 14.7. The van der Waals surface area contributed by atoms with Crippen LogP contribution in [0, 0.1) is 0 Å². The first-order chi connectivity index (χ1) is 11.4. The summed E-state index contributed by atoms with van der Waals surface area (Å²) in [6.45, 7) is 7.97. The molecule has 134 valence electrons. The van der Waals surface area contributed by atoms with Crippen molar-refractivity contribution in [2.75, 3.05) is 26.7 Å². The Balaban J connectivity index is 1.93. The van der Waals surface area contributed by atoms with Crippen molar-refractivity contribution in [2.45, 2.75) is 45.4 Å². The van der Waals surface area contributed by atoms with Gasteiger partial charge in [0.05, 0.1) is 5.02 Å². The van der Waals surface area contributed by atoms with Gasteiger partial charge in [0.25, 0.3) is 0 Å². The summed E-state index contributed by atoms with van der Waals surface area (Å²) < 4.78 is 5.36. The molecule has 1 heterocycles. The van der Waals surface area contributed by atoms with E-state index in [-0.39, 0.29) is 0 Å². The quantitative estimate of drug-likeness (QED) is 0.815. The van der Waals surface area contributed by atoms with Crippen molar-refractivity contribution in [3.8, 4) is 5.75 Å². The monoisotopic (exact) mass is 354 g/mol. The predicted octanol–water partition coefficient (Wildman–Crippen LogP) is 3.11. The molecule has 1 aromatic rings. The fraction of sp³-hybridized carbons (Fsp3) is 0.611. The van der Waals surface area contributed by atoms with E-state index in [0.29, 0.717) is 16.8 Å². The van der Waals surface area contributed by atoms with E-state index < -0.39 is 12.1 Å². The third-order valence-electron chi connectivity index (χ3n) is 4.71. The molecule has 1 unspecified atom stereocenters. The highest BCUT2D eigenvalue weighted by Crippen LogP contribution is 2.27. The van der Waals surface area contributed by atoms with Crippen molar-refractivity contribution in [2.24, 2.45) is 0 Å². The van der Waals surface area contributed by atoms with Gasteiger partial charge in [-0.1, -0.05) is 24.6 Å². The second kappa shape index (κ2) is 8.70. The van der Waals surface area contributed by atoms with E-state index in [1.165, 1.54) is 19.8 Å². The van der Waals surface area contributed by atoms with Crippen LogP contribution < -0.4 is 4.74 Å². The van der Waals surface area contributed by atoms with E-state index in [9.17, 15) is 4.79 Å². The lowest BCUT2D eigenvalue weighted by Gasteiger charge is -2.36. The van der Waals surface area contributed by atoms with E-state index in [1.807, 2.05) is 12.1 Å². The molecule has 1 aliphatic rings. The third kappa shape index (κ3) is 5.10. The minimum atomic E-state index is -1.01. The molecule has 1 aromatic carbocycles. The number of aliphatic carboxylic acids is 1. The van der Waals surface area contributed by atoms with Gasteiger partial charge in [-0.3, -0.25) is 4.90 Å². The van der Waals surface area contributed by atoms with Gasteiger partial charge >= 0.3 is 5.97 Å². The van der Waals surface area contributed by atoms with Crippen molar-refractivity contribution in [1.29, 1.82) is 0 Å². The third-order valence-corrected chi connectivity index (χ3v) is 5.00. The predicted molar refractivity (Wildman–Crippen MR) is 95.8 cm³/mol. The Kier molecular flexibility index (Phi) is 6.90. The summed E-state index contributed by atoms with van der Waals surface area (Å²) in [6, 6.07) is 6.16. The van der Waals surface area contributed by atoms with Crippen molar-refractivity contribution >= 4 is 17.6 Å². The average Bonchev–Trinajstić information content (AvgIpc) is 2.57. The summed E-state index contributed by atoms with van der Waals surface area (Å²) in [4.78, 5) is 15.7. The van der Waals surface area contributed by atoms with Gasteiger partial charge in [0.15, 0.2) is 6.10 Å². The number of halogens is 1. The summed E-state index contributed by atoms with van der Waals surface area (Å²) in [6.07, 6.45) is 1.46. The maximum Gasteiger partial charge on any atom is 0.344 e. The molecular weight excluding hydrogens is 328 g/mol. The summed E-state index contributed by atoms with van der Waals surface area (Å²) in [5.74, 6) is -0.595. The first kappa shape index (κ1) is 19.0. The molecule has 0 spiro atoms. The lowest BCUT2D eigenvalue weighted by Crippen LogP contribution is -2.42. The molecular formula is C18H27ClN2O3. The molecule has 0 aliphatic carbocycles. The molecule has 0 amide bonds. The first-order valence-corrected chi connectivity index (χ1v) is 8.89. The van der Waals surface area contributed by atoms with E-state index in [1.54, 1.807) is 6.07 Å². The highest BCUT2D eigenvalue weighted by molar-refractivity contribution is 6.32. The number of rotatable bonds is 7. The van der Waals surface area contributed by atoms with Gasteiger partial charge in [-0.05, 0) is 64.1 Å². The molecule has 1 N–H and O–H groups in total.